The molecule has 1 aliphatic rings. The Morgan fingerprint density at radius 3 is 2.63 bits per heavy atom. The van der Waals surface area contributed by atoms with Crippen LogP contribution in [0.25, 0.3) is 10.9 Å². The first kappa shape index (κ1) is 23.8. The summed E-state index contributed by atoms with van der Waals surface area (Å²) in [6.07, 6.45) is 7.24. The van der Waals surface area contributed by atoms with Crippen LogP contribution >= 0.6 is 27.5 Å². The van der Waals surface area contributed by atoms with Crippen molar-refractivity contribution in [3.05, 3.63) is 104 Å². The average Bonchev–Trinajstić information content (AvgIpc) is 2.89. The number of ether oxygens (including phenoxy) is 1. The Kier molecular flexibility index (Phi) is 7.30. The van der Waals surface area contributed by atoms with E-state index in [0.717, 1.165) is 47.1 Å². The molecule has 1 saturated carbocycles. The predicted octanol–water partition coefficient (Wildman–Crippen LogP) is 7.32. The molecule has 5 nitrogen and oxygen atoms in total. The smallest absolute Gasteiger partial charge is 0.282 e. The van der Waals surface area contributed by atoms with E-state index in [-0.39, 0.29) is 11.5 Å². The van der Waals surface area contributed by atoms with Gasteiger partial charge in [0.2, 0.25) is 0 Å². The molecule has 1 fully saturated rings. The minimum absolute atomic E-state index is 0.160. The highest BCUT2D eigenvalue weighted by atomic mass is 79.9. The molecular formula is C28H25BrClN3O2. The van der Waals surface area contributed by atoms with Gasteiger partial charge in [0, 0.05) is 21.0 Å². The largest absolute Gasteiger partial charge is 0.488 e. The molecule has 1 aromatic heterocycles. The summed E-state index contributed by atoms with van der Waals surface area (Å²) >= 11 is 9.46. The van der Waals surface area contributed by atoms with Crippen molar-refractivity contribution in [1.82, 2.24) is 9.66 Å². The van der Waals surface area contributed by atoms with E-state index in [1.54, 1.807) is 6.21 Å². The zero-order chi connectivity index (χ0) is 24.2. The summed E-state index contributed by atoms with van der Waals surface area (Å²) in [6, 6.07) is 20.9. The topological polar surface area (TPSA) is 56.5 Å². The molecule has 0 amide bonds. The van der Waals surface area contributed by atoms with Crippen LogP contribution in [-0.2, 0) is 6.61 Å². The fourth-order valence-corrected chi connectivity index (χ4v) is 4.97. The van der Waals surface area contributed by atoms with E-state index in [1.165, 1.54) is 11.1 Å². The minimum atomic E-state index is -0.160. The van der Waals surface area contributed by atoms with E-state index < -0.39 is 0 Å². The molecule has 0 radical (unpaired) electrons. The molecule has 4 aromatic rings. The number of aromatic nitrogens is 2. The van der Waals surface area contributed by atoms with Gasteiger partial charge in [0.15, 0.2) is 0 Å². The van der Waals surface area contributed by atoms with Gasteiger partial charge in [-0.2, -0.15) is 9.78 Å². The van der Waals surface area contributed by atoms with E-state index in [1.807, 2.05) is 66.7 Å². The lowest BCUT2D eigenvalue weighted by molar-refractivity contribution is 0.306. The molecule has 0 unspecified atom stereocenters. The molecule has 0 spiro atoms. The van der Waals surface area contributed by atoms with Crippen LogP contribution in [0.2, 0.25) is 5.02 Å². The van der Waals surface area contributed by atoms with Crippen LogP contribution in [0, 0.1) is 0 Å². The van der Waals surface area contributed by atoms with Crippen molar-refractivity contribution in [2.45, 2.75) is 44.6 Å². The van der Waals surface area contributed by atoms with Crippen LogP contribution in [0.5, 0.6) is 5.75 Å². The Morgan fingerprint density at radius 2 is 1.83 bits per heavy atom. The van der Waals surface area contributed by atoms with E-state index >= 15 is 0 Å². The predicted molar refractivity (Wildman–Crippen MR) is 145 cm³/mol. The van der Waals surface area contributed by atoms with Crippen LogP contribution < -0.4 is 10.3 Å². The normalized spacial score (nSPS) is 14.6. The van der Waals surface area contributed by atoms with E-state index in [4.69, 9.17) is 21.3 Å². The molecule has 0 bridgehead atoms. The molecule has 0 aliphatic heterocycles. The van der Waals surface area contributed by atoms with E-state index in [0.29, 0.717) is 28.3 Å². The van der Waals surface area contributed by atoms with Crippen molar-refractivity contribution in [2.24, 2.45) is 5.10 Å². The van der Waals surface area contributed by atoms with Crippen LogP contribution in [0.1, 0.15) is 55.0 Å². The van der Waals surface area contributed by atoms with Crippen molar-refractivity contribution in [1.29, 1.82) is 0 Å². The zero-order valence-electron chi connectivity index (χ0n) is 19.2. The fourth-order valence-electron chi connectivity index (χ4n) is 4.48. The van der Waals surface area contributed by atoms with Gasteiger partial charge in [-0.15, -0.1) is 0 Å². The van der Waals surface area contributed by atoms with Gasteiger partial charge in [0.25, 0.3) is 5.56 Å². The van der Waals surface area contributed by atoms with Gasteiger partial charge in [0.1, 0.15) is 18.2 Å². The second kappa shape index (κ2) is 10.8. The summed E-state index contributed by atoms with van der Waals surface area (Å²) < 4.78 is 8.40. The van der Waals surface area contributed by atoms with Gasteiger partial charge in [-0.25, -0.2) is 4.98 Å². The molecule has 1 aliphatic carbocycles. The van der Waals surface area contributed by atoms with E-state index in [9.17, 15) is 4.79 Å². The summed E-state index contributed by atoms with van der Waals surface area (Å²) in [5.74, 6) is 1.65. The van der Waals surface area contributed by atoms with Crippen molar-refractivity contribution in [2.75, 3.05) is 0 Å². The quantitative estimate of drug-likeness (QED) is 0.236. The second-order valence-electron chi connectivity index (χ2n) is 8.78. The summed E-state index contributed by atoms with van der Waals surface area (Å²) in [5, 5.41) is 5.90. The highest BCUT2D eigenvalue weighted by molar-refractivity contribution is 9.10. The number of rotatable bonds is 6. The van der Waals surface area contributed by atoms with Gasteiger partial charge in [0.05, 0.1) is 17.1 Å². The second-order valence-corrected chi connectivity index (χ2v) is 10.1. The Bertz CT molecular complexity index is 1430. The van der Waals surface area contributed by atoms with Gasteiger partial charge in [-0.3, -0.25) is 4.79 Å². The molecule has 0 saturated heterocycles. The first-order valence-corrected chi connectivity index (χ1v) is 13.0. The standard InChI is InChI=1S/C28H25BrClN3O2/c29-22-12-15-25-24(16-22)28(34)33(27(32-25)20-6-2-1-3-7-20)31-17-21-8-4-5-9-26(21)35-18-19-10-13-23(30)14-11-19/h4-5,8-17,20H,1-3,6-7,18H2. The number of nitrogens with zero attached hydrogens (tertiary/aromatic N) is 3. The van der Waals surface area contributed by atoms with Gasteiger partial charge < -0.3 is 4.74 Å². The first-order valence-electron chi connectivity index (χ1n) is 11.8. The molecule has 1 heterocycles. The minimum Gasteiger partial charge on any atom is -0.488 e. The number of fused-ring (bicyclic) bond motifs is 1. The first-order chi connectivity index (χ1) is 17.1. The summed E-state index contributed by atoms with van der Waals surface area (Å²) in [7, 11) is 0. The SMILES string of the molecule is O=c1c2cc(Br)ccc2nc(C2CCCCC2)n1N=Cc1ccccc1OCc1ccc(Cl)cc1. The van der Waals surface area contributed by atoms with Crippen LogP contribution in [0.3, 0.4) is 0 Å². The van der Waals surface area contributed by atoms with Crippen molar-refractivity contribution >= 4 is 44.6 Å². The Labute approximate surface area is 217 Å². The third-order valence-corrected chi connectivity index (χ3v) is 7.09. The molecule has 0 N–H and O–H groups in total. The molecule has 3 aromatic carbocycles. The third-order valence-electron chi connectivity index (χ3n) is 6.34. The van der Waals surface area contributed by atoms with Gasteiger partial charge >= 0.3 is 0 Å². The summed E-state index contributed by atoms with van der Waals surface area (Å²) in [4.78, 5) is 18.4. The summed E-state index contributed by atoms with van der Waals surface area (Å²) in [6.45, 7) is 0.404. The Morgan fingerprint density at radius 1 is 1.06 bits per heavy atom. The maximum atomic E-state index is 13.5. The van der Waals surface area contributed by atoms with Crippen molar-refractivity contribution in [3.8, 4) is 5.75 Å². The number of halogens is 2. The molecule has 7 heteroatoms. The molecule has 5 rings (SSSR count). The monoisotopic (exact) mass is 549 g/mol. The lowest BCUT2D eigenvalue weighted by Gasteiger charge is -2.22. The van der Waals surface area contributed by atoms with Crippen LogP contribution in [-0.4, -0.2) is 15.9 Å². The Hall–Kier alpha value is -2.96. The van der Waals surface area contributed by atoms with Crippen molar-refractivity contribution in [3.63, 3.8) is 0 Å². The third kappa shape index (κ3) is 5.49. The highest BCUT2D eigenvalue weighted by Gasteiger charge is 2.22. The zero-order valence-corrected chi connectivity index (χ0v) is 21.5. The average molecular weight is 551 g/mol. The number of benzene rings is 3. The number of hydrogen-bond donors (Lipinski definition) is 0. The fraction of sp³-hybridized carbons (Fsp3) is 0.250. The maximum Gasteiger partial charge on any atom is 0.282 e. The van der Waals surface area contributed by atoms with E-state index in [2.05, 4.69) is 21.0 Å². The molecule has 178 valence electrons. The lowest BCUT2D eigenvalue weighted by atomic mass is 9.88. The molecule has 35 heavy (non-hydrogen) atoms. The van der Waals surface area contributed by atoms with Crippen LogP contribution in [0.15, 0.2) is 81.1 Å². The highest BCUT2D eigenvalue weighted by Crippen LogP contribution is 2.32. The Balaban J connectivity index is 1.50. The van der Waals surface area contributed by atoms with Gasteiger partial charge in [-0.1, -0.05) is 71.1 Å². The van der Waals surface area contributed by atoms with Crippen molar-refractivity contribution < 1.29 is 4.74 Å². The van der Waals surface area contributed by atoms with Crippen LogP contribution in [0.4, 0.5) is 0 Å². The summed E-state index contributed by atoms with van der Waals surface area (Å²) in [5.41, 5.74) is 2.35. The number of hydrogen-bond acceptors (Lipinski definition) is 4. The molecular weight excluding hydrogens is 526 g/mol. The number of para-hydroxylation sites is 1. The van der Waals surface area contributed by atoms with Gasteiger partial charge in [-0.05, 0) is 60.9 Å². The maximum absolute atomic E-state index is 13.5. The molecule has 0 atom stereocenters. The lowest BCUT2D eigenvalue weighted by Crippen LogP contribution is -2.25.